The standard InChI is InChI=1S/C15H21ClN2O2/c1-18(12-4-2-3-5-12)9-8-17-15(20)13-10-11(16)6-7-14(13)19/h6-7,10,12,19H,2-5,8-9H2,1H3,(H,17,20). The fourth-order valence-electron chi connectivity index (χ4n) is 2.66. The SMILES string of the molecule is CN(CCNC(=O)c1cc(Cl)ccc1O)C1CCCC1. The highest BCUT2D eigenvalue weighted by Crippen LogP contribution is 2.22. The van der Waals surface area contributed by atoms with Crippen molar-refractivity contribution in [3.05, 3.63) is 28.8 Å². The molecule has 1 aliphatic carbocycles. The second-order valence-electron chi connectivity index (χ2n) is 5.34. The summed E-state index contributed by atoms with van der Waals surface area (Å²) in [7, 11) is 2.10. The molecule has 110 valence electrons. The maximum absolute atomic E-state index is 12.0. The predicted molar refractivity (Wildman–Crippen MR) is 80.3 cm³/mol. The molecule has 1 aromatic rings. The van der Waals surface area contributed by atoms with Gasteiger partial charge in [0.15, 0.2) is 0 Å². The molecular formula is C15H21ClN2O2. The minimum absolute atomic E-state index is 0.0453. The molecule has 0 bridgehead atoms. The van der Waals surface area contributed by atoms with Crippen molar-refractivity contribution < 1.29 is 9.90 Å². The van der Waals surface area contributed by atoms with Crippen LogP contribution < -0.4 is 5.32 Å². The number of phenols is 1. The van der Waals surface area contributed by atoms with Crippen LogP contribution in [0.2, 0.25) is 5.02 Å². The van der Waals surface area contributed by atoms with E-state index < -0.39 is 0 Å². The largest absolute Gasteiger partial charge is 0.507 e. The Bertz CT molecular complexity index is 473. The molecular weight excluding hydrogens is 276 g/mol. The van der Waals surface area contributed by atoms with E-state index in [2.05, 4.69) is 17.3 Å². The summed E-state index contributed by atoms with van der Waals surface area (Å²) in [4.78, 5) is 14.3. The van der Waals surface area contributed by atoms with Crippen LogP contribution in [-0.2, 0) is 0 Å². The Morgan fingerprint density at radius 2 is 2.15 bits per heavy atom. The van der Waals surface area contributed by atoms with Crippen LogP contribution in [0.1, 0.15) is 36.0 Å². The topological polar surface area (TPSA) is 52.6 Å². The van der Waals surface area contributed by atoms with Gasteiger partial charge in [0.05, 0.1) is 5.56 Å². The van der Waals surface area contributed by atoms with E-state index >= 15 is 0 Å². The summed E-state index contributed by atoms with van der Waals surface area (Å²) in [5.41, 5.74) is 0.223. The number of nitrogens with one attached hydrogen (secondary N) is 1. The zero-order valence-electron chi connectivity index (χ0n) is 11.7. The monoisotopic (exact) mass is 296 g/mol. The summed E-state index contributed by atoms with van der Waals surface area (Å²) >= 11 is 5.83. The first-order valence-electron chi connectivity index (χ1n) is 7.05. The van der Waals surface area contributed by atoms with Crippen LogP contribution in [0.4, 0.5) is 0 Å². The first-order valence-corrected chi connectivity index (χ1v) is 7.42. The van der Waals surface area contributed by atoms with E-state index in [0.29, 0.717) is 17.6 Å². The summed E-state index contributed by atoms with van der Waals surface area (Å²) in [5.74, 6) is -0.333. The number of amides is 1. The Morgan fingerprint density at radius 1 is 1.45 bits per heavy atom. The van der Waals surface area contributed by atoms with Gasteiger partial charge in [0.25, 0.3) is 5.91 Å². The molecule has 0 radical (unpaired) electrons. The number of halogens is 1. The normalized spacial score (nSPS) is 15.8. The first-order chi connectivity index (χ1) is 9.58. The van der Waals surface area contributed by atoms with Gasteiger partial charge in [-0.25, -0.2) is 0 Å². The highest BCUT2D eigenvalue weighted by Gasteiger charge is 2.19. The lowest BCUT2D eigenvalue weighted by molar-refractivity contribution is 0.0944. The Hall–Kier alpha value is -1.26. The van der Waals surface area contributed by atoms with Gasteiger partial charge in [-0.05, 0) is 38.1 Å². The summed E-state index contributed by atoms with van der Waals surface area (Å²) in [5, 5.41) is 12.9. The molecule has 20 heavy (non-hydrogen) atoms. The Balaban J connectivity index is 1.81. The maximum atomic E-state index is 12.0. The summed E-state index contributed by atoms with van der Waals surface area (Å²) in [6.07, 6.45) is 5.11. The minimum atomic E-state index is -0.287. The number of hydrogen-bond donors (Lipinski definition) is 2. The molecule has 0 unspecified atom stereocenters. The number of rotatable bonds is 5. The summed E-state index contributed by atoms with van der Waals surface area (Å²) in [6, 6.07) is 5.11. The van der Waals surface area contributed by atoms with Crippen LogP contribution in [0.15, 0.2) is 18.2 Å². The second-order valence-corrected chi connectivity index (χ2v) is 5.77. The lowest BCUT2D eigenvalue weighted by atomic mass is 10.2. The smallest absolute Gasteiger partial charge is 0.255 e. The number of phenolic OH excluding ortho intramolecular Hbond substituents is 1. The molecule has 1 aliphatic rings. The number of hydrogen-bond acceptors (Lipinski definition) is 3. The molecule has 4 nitrogen and oxygen atoms in total. The van der Waals surface area contributed by atoms with E-state index in [9.17, 15) is 9.90 Å². The van der Waals surface area contributed by atoms with Crippen molar-refractivity contribution in [2.45, 2.75) is 31.7 Å². The third-order valence-electron chi connectivity index (χ3n) is 3.90. The third-order valence-corrected chi connectivity index (χ3v) is 4.14. The van der Waals surface area contributed by atoms with Gasteiger partial charge in [0.1, 0.15) is 5.75 Å². The zero-order valence-corrected chi connectivity index (χ0v) is 12.5. The average molecular weight is 297 g/mol. The van der Waals surface area contributed by atoms with Gasteiger partial charge in [-0.15, -0.1) is 0 Å². The quantitative estimate of drug-likeness (QED) is 0.878. The average Bonchev–Trinajstić information content (AvgIpc) is 2.95. The molecule has 0 heterocycles. The molecule has 1 fully saturated rings. The Labute approximate surface area is 124 Å². The van der Waals surface area contributed by atoms with Crippen LogP contribution in [0.5, 0.6) is 5.75 Å². The molecule has 2 rings (SSSR count). The molecule has 1 aromatic carbocycles. The van der Waals surface area contributed by atoms with E-state index in [4.69, 9.17) is 11.6 Å². The number of carbonyl (C=O) groups excluding carboxylic acids is 1. The molecule has 1 saturated carbocycles. The molecule has 2 N–H and O–H groups in total. The predicted octanol–water partition coefficient (Wildman–Crippen LogP) is 2.65. The van der Waals surface area contributed by atoms with Gasteiger partial charge in [0, 0.05) is 24.2 Å². The summed E-state index contributed by atoms with van der Waals surface area (Å²) < 4.78 is 0. The van der Waals surface area contributed by atoms with E-state index in [0.717, 1.165) is 6.54 Å². The number of nitrogens with zero attached hydrogens (tertiary/aromatic N) is 1. The van der Waals surface area contributed by atoms with Crippen molar-refractivity contribution in [2.75, 3.05) is 20.1 Å². The molecule has 0 saturated heterocycles. The summed E-state index contributed by atoms with van der Waals surface area (Å²) in [6.45, 7) is 1.38. The third kappa shape index (κ3) is 3.87. The van der Waals surface area contributed by atoms with E-state index in [1.54, 1.807) is 6.07 Å². The number of aromatic hydroxyl groups is 1. The van der Waals surface area contributed by atoms with Crippen LogP contribution in [0, 0.1) is 0 Å². The lowest BCUT2D eigenvalue weighted by Crippen LogP contribution is -2.37. The van der Waals surface area contributed by atoms with E-state index in [1.165, 1.54) is 37.8 Å². The van der Waals surface area contributed by atoms with Crippen molar-refractivity contribution in [3.8, 4) is 5.75 Å². The van der Waals surface area contributed by atoms with Gasteiger partial charge in [0.2, 0.25) is 0 Å². The number of benzene rings is 1. The second kappa shape index (κ2) is 6.95. The van der Waals surface area contributed by atoms with Crippen molar-refractivity contribution in [3.63, 3.8) is 0 Å². The fraction of sp³-hybridized carbons (Fsp3) is 0.533. The zero-order chi connectivity index (χ0) is 14.5. The molecule has 0 atom stereocenters. The molecule has 0 spiro atoms. The number of likely N-dealkylation sites (N-methyl/N-ethyl adjacent to an activating group) is 1. The van der Waals surface area contributed by atoms with E-state index in [1.807, 2.05) is 0 Å². The Morgan fingerprint density at radius 3 is 2.85 bits per heavy atom. The number of carbonyl (C=O) groups is 1. The molecule has 5 heteroatoms. The fourth-order valence-corrected chi connectivity index (χ4v) is 2.83. The van der Waals surface area contributed by atoms with Gasteiger partial charge >= 0.3 is 0 Å². The molecule has 0 aromatic heterocycles. The van der Waals surface area contributed by atoms with Crippen molar-refractivity contribution in [2.24, 2.45) is 0 Å². The van der Waals surface area contributed by atoms with E-state index in [-0.39, 0.29) is 17.2 Å². The van der Waals surface area contributed by atoms with Gasteiger partial charge in [-0.3, -0.25) is 4.79 Å². The van der Waals surface area contributed by atoms with Crippen molar-refractivity contribution in [1.29, 1.82) is 0 Å². The Kier molecular flexibility index (Phi) is 5.26. The van der Waals surface area contributed by atoms with Crippen LogP contribution in [-0.4, -0.2) is 42.1 Å². The van der Waals surface area contributed by atoms with Crippen molar-refractivity contribution >= 4 is 17.5 Å². The van der Waals surface area contributed by atoms with Crippen LogP contribution >= 0.6 is 11.6 Å². The molecule has 1 amide bonds. The van der Waals surface area contributed by atoms with Gasteiger partial charge in [-0.1, -0.05) is 24.4 Å². The maximum Gasteiger partial charge on any atom is 0.255 e. The highest BCUT2D eigenvalue weighted by atomic mass is 35.5. The van der Waals surface area contributed by atoms with Crippen molar-refractivity contribution in [1.82, 2.24) is 10.2 Å². The molecule has 0 aliphatic heterocycles. The first kappa shape index (κ1) is 15.1. The van der Waals surface area contributed by atoms with Gasteiger partial charge in [-0.2, -0.15) is 0 Å². The van der Waals surface area contributed by atoms with Crippen LogP contribution in [0.3, 0.4) is 0 Å². The van der Waals surface area contributed by atoms with Crippen LogP contribution in [0.25, 0.3) is 0 Å². The van der Waals surface area contributed by atoms with Gasteiger partial charge < -0.3 is 15.3 Å². The minimum Gasteiger partial charge on any atom is -0.507 e. The lowest BCUT2D eigenvalue weighted by Gasteiger charge is -2.23. The highest BCUT2D eigenvalue weighted by molar-refractivity contribution is 6.31.